The van der Waals surface area contributed by atoms with Crippen LogP contribution in [0.5, 0.6) is 0 Å². The maximum Gasteiger partial charge on any atom is 0.211 e. The van der Waals surface area contributed by atoms with Crippen LogP contribution in [-0.4, -0.2) is 46.2 Å². The van der Waals surface area contributed by atoms with Gasteiger partial charge in [-0.15, -0.1) is 0 Å². The molecule has 5 heteroatoms. The number of rotatable bonds is 13. The molecule has 1 unspecified atom stereocenters. The summed E-state index contributed by atoms with van der Waals surface area (Å²) < 4.78 is 13.6. The van der Waals surface area contributed by atoms with Gasteiger partial charge in [-0.2, -0.15) is 4.58 Å². The van der Waals surface area contributed by atoms with E-state index < -0.39 is 0 Å². The van der Waals surface area contributed by atoms with Gasteiger partial charge in [0.15, 0.2) is 5.71 Å². The molecule has 1 atom stereocenters. The van der Waals surface area contributed by atoms with E-state index in [2.05, 4.69) is 171 Å². The quantitative estimate of drug-likeness (QED) is 0.101. The van der Waals surface area contributed by atoms with E-state index in [1.165, 1.54) is 67.7 Å². The van der Waals surface area contributed by atoms with Crippen molar-refractivity contribution in [1.29, 1.82) is 0 Å². The lowest BCUT2D eigenvalue weighted by molar-refractivity contribution is 0.196. The van der Waals surface area contributed by atoms with E-state index in [-0.39, 0.29) is 10.8 Å². The van der Waals surface area contributed by atoms with Gasteiger partial charge in [0.2, 0.25) is 11.4 Å². The highest BCUT2D eigenvalue weighted by Gasteiger charge is 2.43. The topological polar surface area (TPSA) is 28.0 Å². The normalized spacial score (nSPS) is 20.4. The second-order valence-electron chi connectivity index (χ2n) is 17.0. The van der Waals surface area contributed by atoms with Gasteiger partial charge in [0, 0.05) is 110 Å². The summed E-state index contributed by atoms with van der Waals surface area (Å²) in [5.74, 6) is 0.337. The zero-order valence-electron chi connectivity index (χ0n) is 35.1. The second-order valence-corrected chi connectivity index (χ2v) is 17.0. The predicted octanol–water partition coefficient (Wildman–Crippen LogP) is 11.7. The van der Waals surface area contributed by atoms with Crippen LogP contribution in [0, 0.1) is 19.8 Å². The van der Waals surface area contributed by atoms with Crippen molar-refractivity contribution in [2.24, 2.45) is 5.92 Å². The molecule has 2 heterocycles. The van der Waals surface area contributed by atoms with E-state index in [1.54, 1.807) is 14.2 Å². The highest BCUT2D eigenvalue weighted by Crippen LogP contribution is 2.50. The van der Waals surface area contributed by atoms with Crippen molar-refractivity contribution in [1.82, 2.24) is 4.58 Å². The fourth-order valence-electron chi connectivity index (χ4n) is 9.46. The third-order valence-electron chi connectivity index (χ3n) is 12.3. The Morgan fingerprint density at radius 3 is 1.68 bits per heavy atom. The molecular weight excluding hydrogens is 687 g/mol. The molecule has 0 radical (unpaired) electrons. The van der Waals surface area contributed by atoms with Gasteiger partial charge in [0.1, 0.15) is 0 Å². The number of ether oxygens (including phenoxy) is 2. The van der Waals surface area contributed by atoms with E-state index >= 15 is 0 Å². The van der Waals surface area contributed by atoms with Crippen LogP contribution in [0.3, 0.4) is 0 Å². The lowest BCUT2D eigenvalue weighted by Crippen LogP contribution is -2.28. The van der Waals surface area contributed by atoms with Crippen LogP contribution >= 0.6 is 0 Å². The molecule has 3 aliphatic rings. The molecular formula is C51H62N3O2+. The summed E-state index contributed by atoms with van der Waals surface area (Å²) in [7, 11) is 3.60. The summed E-state index contributed by atoms with van der Waals surface area (Å²) in [6, 6.07) is 35.9. The molecule has 5 nitrogen and oxygen atoms in total. The minimum Gasteiger partial charge on any atom is -0.385 e. The van der Waals surface area contributed by atoms with Crippen LogP contribution in [0.15, 0.2) is 132 Å². The minimum atomic E-state index is -0.125. The Morgan fingerprint density at radius 2 is 1.16 bits per heavy atom. The van der Waals surface area contributed by atoms with Crippen LogP contribution < -0.4 is 14.4 Å². The first-order chi connectivity index (χ1) is 27.1. The number of hydrogen-bond acceptors (Lipinski definition) is 4. The number of nitrogens with zero attached hydrogens (tertiary/aromatic N) is 3. The third-order valence-corrected chi connectivity index (χ3v) is 12.3. The molecule has 4 aromatic carbocycles. The van der Waals surface area contributed by atoms with Crippen LogP contribution in [0.1, 0.15) is 82.1 Å². The van der Waals surface area contributed by atoms with Gasteiger partial charge in [-0.05, 0) is 75.3 Å². The van der Waals surface area contributed by atoms with Gasteiger partial charge < -0.3 is 19.3 Å². The summed E-state index contributed by atoms with van der Waals surface area (Å²) in [5.41, 5.74) is 15.9. The van der Waals surface area contributed by atoms with Crippen molar-refractivity contribution in [3.05, 3.63) is 155 Å². The first-order valence-corrected chi connectivity index (χ1v) is 20.7. The number of hydrogen-bond donors (Lipinski definition) is 0. The number of para-hydroxylation sites is 2. The molecule has 292 valence electrons. The van der Waals surface area contributed by atoms with Gasteiger partial charge in [0.05, 0.1) is 0 Å². The molecule has 0 aromatic heterocycles. The Balaban J connectivity index is 1.35. The maximum atomic E-state index is 5.53. The van der Waals surface area contributed by atoms with E-state index in [1.807, 2.05) is 0 Å². The van der Waals surface area contributed by atoms with Crippen molar-refractivity contribution in [2.45, 2.75) is 84.5 Å². The molecule has 0 bridgehead atoms. The SMILES string of the molecule is COCCCN1C(=CC=C2CCC(C/C=C3/N(CCCOC)c4ccc(C)cc4C3(C)C)C2=[N+](c2ccccc2)c2ccccc2)C(C)(C)c2cc(C)ccc21. The average Bonchev–Trinajstić information content (AvgIpc) is 3.75. The fourth-order valence-corrected chi connectivity index (χ4v) is 9.46. The fraction of sp³-hybridized carbons (Fsp3) is 0.392. The van der Waals surface area contributed by atoms with E-state index in [0.717, 1.165) is 58.4 Å². The molecule has 2 aliphatic heterocycles. The van der Waals surface area contributed by atoms with Crippen molar-refractivity contribution in [3.8, 4) is 0 Å². The first kappa shape index (κ1) is 39.5. The summed E-state index contributed by atoms with van der Waals surface area (Å²) in [4.78, 5) is 5.13. The highest BCUT2D eigenvalue weighted by molar-refractivity contribution is 6.07. The number of aryl methyl sites for hydroxylation is 2. The van der Waals surface area contributed by atoms with Crippen molar-refractivity contribution in [3.63, 3.8) is 0 Å². The number of allylic oxidation sites excluding steroid dienone is 6. The molecule has 1 fully saturated rings. The second kappa shape index (κ2) is 16.8. The van der Waals surface area contributed by atoms with Crippen LogP contribution in [-0.2, 0) is 20.3 Å². The lowest BCUT2D eigenvalue weighted by Gasteiger charge is -2.28. The number of benzene rings is 4. The molecule has 4 aromatic rings. The lowest BCUT2D eigenvalue weighted by atomic mass is 9.82. The summed E-state index contributed by atoms with van der Waals surface area (Å²) >= 11 is 0. The Bertz CT molecular complexity index is 2100. The third kappa shape index (κ3) is 7.69. The predicted molar refractivity (Wildman–Crippen MR) is 237 cm³/mol. The Morgan fingerprint density at radius 1 is 0.661 bits per heavy atom. The molecule has 1 saturated carbocycles. The van der Waals surface area contributed by atoms with Crippen molar-refractivity contribution in [2.75, 3.05) is 50.3 Å². The molecule has 56 heavy (non-hydrogen) atoms. The summed E-state index contributed by atoms with van der Waals surface area (Å²) in [6.07, 6.45) is 12.5. The molecule has 0 spiro atoms. The Kier molecular flexibility index (Phi) is 11.9. The molecule has 7 rings (SSSR count). The van der Waals surface area contributed by atoms with Crippen LogP contribution in [0.4, 0.5) is 22.7 Å². The van der Waals surface area contributed by atoms with Crippen molar-refractivity contribution >= 4 is 28.5 Å². The van der Waals surface area contributed by atoms with E-state index in [4.69, 9.17) is 9.47 Å². The Hall–Kier alpha value is -4.71. The van der Waals surface area contributed by atoms with Gasteiger partial charge in [-0.1, -0.05) is 112 Å². The zero-order chi connectivity index (χ0) is 39.5. The standard InChI is InChI=1S/C51H62N3O2/c1-37-21-27-45-43(35-37)50(3,4)47(52(45)31-15-33-55-7)29-25-39-23-24-40(49(39)54(41-17-11-9-12-18-41)42-19-13-10-14-20-42)26-30-48-51(5,6)44-36-38(2)22-28-46(44)53(48)32-16-34-56-8/h9-14,17-22,25,27-30,35-36,40H,15-16,23-24,26,31-34H2,1-8H3/q+1/b48-30+. The summed E-state index contributed by atoms with van der Waals surface area (Å²) in [6.45, 7) is 17.4. The zero-order valence-corrected chi connectivity index (χ0v) is 35.1. The average molecular weight is 749 g/mol. The maximum absolute atomic E-state index is 5.53. The van der Waals surface area contributed by atoms with Crippen LogP contribution in [0.2, 0.25) is 0 Å². The largest absolute Gasteiger partial charge is 0.385 e. The number of anilines is 2. The molecule has 0 amide bonds. The molecule has 0 saturated heterocycles. The number of fused-ring (bicyclic) bond motifs is 2. The van der Waals surface area contributed by atoms with Gasteiger partial charge in [-0.25, -0.2) is 0 Å². The number of methoxy groups -OCH3 is 2. The van der Waals surface area contributed by atoms with Gasteiger partial charge >= 0.3 is 0 Å². The highest BCUT2D eigenvalue weighted by atomic mass is 16.5. The van der Waals surface area contributed by atoms with Gasteiger partial charge in [-0.3, -0.25) is 0 Å². The monoisotopic (exact) mass is 748 g/mol. The van der Waals surface area contributed by atoms with E-state index in [9.17, 15) is 0 Å². The van der Waals surface area contributed by atoms with E-state index in [0.29, 0.717) is 5.92 Å². The minimum absolute atomic E-state index is 0.0947. The first-order valence-electron chi connectivity index (χ1n) is 20.7. The Labute approximate surface area is 336 Å². The molecule has 0 N–H and O–H groups in total. The molecule has 1 aliphatic carbocycles. The summed E-state index contributed by atoms with van der Waals surface area (Å²) in [5, 5.41) is 0. The van der Waals surface area contributed by atoms with Crippen molar-refractivity contribution < 1.29 is 9.47 Å². The van der Waals surface area contributed by atoms with Gasteiger partial charge in [0.25, 0.3) is 0 Å². The smallest absolute Gasteiger partial charge is 0.211 e. The van der Waals surface area contributed by atoms with Crippen LogP contribution in [0.25, 0.3) is 0 Å².